The molecule has 88 valence electrons. The highest BCUT2D eigenvalue weighted by molar-refractivity contribution is 5.68. The number of hydrogen-bond acceptors (Lipinski definition) is 2. The second-order valence-corrected chi connectivity index (χ2v) is 4.54. The quantitative estimate of drug-likeness (QED) is 0.876. The molecule has 0 amide bonds. The smallest absolute Gasteiger partial charge is 0.303 e. The van der Waals surface area contributed by atoms with Crippen LogP contribution < -0.4 is 0 Å². The van der Waals surface area contributed by atoms with Crippen molar-refractivity contribution in [3.63, 3.8) is 0 Å². The normalized spacial score (nSPS) is 15.3. The van der Waals surface area contributed by atoms with Gasteiger partial charge in [-0.2, -0.15) is 0 Å². The molecule has 0 atom stereocenters. The Balaban J connectivity index is 2.02. The van der Waals surface area contributed by atoms with Crippen molar-refractivity contribution in [3.8, 4) is 0 Å². The second kappa shape index (κ2) is 3.87. The molecule has 4 nitrogen and oxygen atoms in total. The van der Waals surface area contributed by atoms with Crippen molar-refractivity contribution >= 4 is 11.5 Å². The number of carboxylic acid groups (broad SMARTS) is 1. The van der Waals surface area contributed by atoms with Crippen LogP contribution in [0.4, 0.5) is 0 Å². The number of nitrogens with zero attached hydrogens (tertiary/aromatic N) is 2. The fourth-order valence-corrected chi connectivity index (χ4v) is 2.17. The standard InChI is InChI=1S/C13H14N2O2/c16-12(17)7-6-10-11-3-1-2-8-15(11)13(14-10)9-4-5-9/h1-3,8-9H,4-7H2,(H,16,17). The van der Waals surface area contributed by atoms with E-state index in [1.54, 1.807) is 0 Å². The lowest BCUT2D eigenvalue weighted by Gasteiger charge is -1.97. The second-order valence-electron chi connectivity index (χ2n) is 4.54. The number of rotatable bonds is 4. The van der Waals surface area contributed by atoms with Gasteiger partial charge in [0.25, 0.3) is 0 Å². The Labute approximate surface area is 98.9 Å². The average molecular weight is 230 g/mol. The Morgan fingerprint density at radius 1 is 1.47 bits per heavy atom. The van der Waals surface area contributed by atoms with E-state index >= 15 is 0 Å². The first-order valence-corrected chi connectivity index (χ1v) is 5.93. The van der Waals surface area contributed by atoms with E-state index < -0.39 is 5.97 Å². The van der Waals surface area contributed by atoms with Crippen LogP contribution in [-0.2, 0) is 11.2 Å². The summed E-state index contributed by atoms with van der Waals surface area (Å²) in [4.78, 5) is 15.3. The maximum absolute atomic E-state index is 10.6. The minimum Gasteiger partial charge on any atom is -0.481 e. The largest absolute Gasteiger partial charge is 0.481 e. The topological polar surface area (TPSA) is 54.6 Å². The van der Waals surface area contributed by atoms with Gasteiger partial charge in [-0.1, -0.05) is 6.07 Å². The molecule has 1 N–H and O–H groups in total. The van der Waals surface area contributed by atoms with Gasteiger partial charge >= 0.3 is 5.97 Å². The van der Waals surface area contributed by atoms with E-state index in [-0.39, 0.29) is 6.42 Å². The van der Waals surface area contributed by atoms with E-state index in [2.05, 4.69) is 9.38 Å². The van der Waals surface area contributed by atoms with Crippen molar-refractivity contribution in [1.82, 2.24) is 9.38 Å². The number of aromatic nitrogens is 2. The van der Waals surface area contributed by atoms with Crippen LogP contribution in [0.2, 0.25) is 0 Å². The van der Waals surface area contributed by atoms with Crippen molar-refractivity contribution in [2.75, 3.05) is 0 Å². The summed E-state index contributed by atoms with van der Waals surface area (Å²) in [6, 6.07) is 5.97. The van der Waals surface area contributed by atoms with Crippen LogP contribution in [-0.4, -0.2) is 20.5 Å². The molecule has 3 rings (SSSR count). The summed E-state index contributed by atoms with van der Waals surface area (Å²) in [5, 5.41) is 8.74. The Hall–Kier alpha value is -1.84. The first-order valence-electron chi connectivity index (χ1n) is 5.93. The lowest BCUT2D eigenvalue weighted by Crippen LogP contribution is -1.98. The minimum atomic E-state index is -0.768. The molecule has 0 saturated heterocycles. The lowest BCUT2D eigenvalue weighted by atomic mass is 10.2. The molecule has 2 heterocycles. The van der Waals surface area contributed by atoms with Crippen molar-refractivity contribution in [2.45, 2.75) is 31.6 Å². The molecule has 0 radical (unpaired) electrons. The average Bonchev–Trinajstić information content (AvgIpc) is 3.09. The van der Waals surface area contributed by atoms with Gasteiger partial charge in [0.1, 0.15) is 5.82 Å². The first-order chi connectivity index (χ1) is 8.25. The van der Waals surface area contributed by atoms with Crippen LogP contribution in [0.15, 0.2) is 24.4 Å². The summed E-state index contributed by atoms with van der Waals surface area (Å²) in [7, 11) is 0. The van der Waals surface area contributed by atoms with Gasteiger partial charge in [-0.3, -0.25) is 4.79 Å². The third kappa shape index (κ3) is 1.90. The molecule has 0 aromatic carbocycles. The molecule has 0 spiro atoms. The fourth-order valence-electron chi connectivity index (χ4n) is 2.17. The summed E-state index contributed by atoms with van der Waals surface area (Å²) in [6.45, 7) is 0. The first kappa shape index (κ1) is 10.3. The molecular formula is C13H14N2O2. The van der Waals surface area contributed by atoms with Crippen molar-refractivity contribution in [3.05, 3.63) is 35.9 Å². The molecule has 1 aliphatic rings. The molecule has 1 aliphatic carbocycles. The molecule has 17 heavy (non-hydrogen) atoms. The maximum atomic E-state index is 10.6. The zero-order chi connectivity index (χ0) is 11.8. The van der Waals surface area contributed by atoms with Crippen molar-refractivity contribution in [1.29, 1.82) is 0 Å². The molecule has 0 unspecified atom stereocenters. The third-order valence-corrected chi connectivity index (χ3v) is 3.17. The van der Waals surface area contributed by atoms with Crippen LogP contribution in [0.1, 0.15) is 36.7 Å². The Bertz CT molecular complexity index is 570. The van der Waals surface area contributed by atoms with Gasteiger partial charge < -0.3 is 9.51 Å². The molecule has 4 heteroatoms. The van der Waals surface area contributed by atoms with Gasteiger partial charge in [0.2, 0.25) is 0 Å². The fraction of sp³-hybridized carbons (Fsp3) is 0.385. The number of carbonyl (C=O) groups is 1. The van der Waals surface area contributed by atoms with E-state index in [1.807, 2.05) is 24.4 Å². The van der Waals surface area contributed by atoms with Crippen LogP contribution in [0.5, 0.6) is 0 Å². The molecule has 2 aromatic heterocycles. The van der Waals surface area contributed by atoms with E-state index in [0.29, 0.717) is 12.3 Å². The predicted molar refractivity (Wildman–Crippen MR) is 63.1 cm³/mol. The lowest BCUT2D eigenvalue weighted by molar-refractivity contribution is -0.136. The number of hydrogen-bond donors (Lipinski definition) is 1. The van der Waals surface area contributed by atoms with Gasteiger partial charge in [-0.15, -0.1) is 0 Å². The molecule has 0 bridgehead atoms. The van der Waals surface area contributed by atoms with Gasteiger partial charge in [0.05, 0.1) is 17.6 Å². The Morgan fingerprint density at radius 3 is 3.00 bits per heavy atom. The highest BCUT2D eigenvalue weighted by Gasteiger charge is 2.28. The number of pyridine rings is 1. The molecule has 1 fully saturated rings. The van der Waals surface area contributed by atoms with Gasteiger partial charge in [0, 0.05) is 18.5 Å². The number of carboxylic acids is 1. The molecule has 0 aliphatic heterocycles. The summed E-state index contributed by atoms with van der Waals surface area (Å²) in [6.07, 6.45) is 5.07. The van der Waals surface area contributed by atoms with Crippen LogP contribution >= 0.6 is 0 Å². The number of aryl methyl sites for hydroxylation is 1. The molecule has 2 aromatic rings. The summed E-state index contributed by atoms with van der Waals surface area (Å²) in [5.74, 6) is 0.902. The molecule has 1 saturated carbocycles. The van der Waals surface area contributed by atoms with E-state index in [4.69, 9.17) is 5.11 Å². The van der Waals surface area contributed by atoms with Crippen LogP contribution in [0, 0.1) is 0 Å². The Morgan fingerprint density at radius 2 is 2.29 bits per heavy atom. The van der Waals surface area contributed by atoms with Gasteiger partial charge in [0.15, 0.2) is 0 Å². The number of aliphatic carboxylic acids is 1. The zero-order valence-corrected chi connectivity index (χ0v) is 9.47. The highest BCUT2D eigenvalue weighted by Crippen LogP contribution is 2.40. The zero-order valence-electron chi connectivity index (χ0n) is 9.47. The van der Waals surface area contributed by atoms with Crippen molar-refractivity contribution < 1.29 is 9.90 Å². The number of fused-ring (bicyclic) bond motifs is 1. The Kier molecular flexibility index (Phi) is 2.35. The summed E-state index contributed by atoms with van der Waals surface area (Å²) >= 11 is 0. The summed E-state index contributed by atoms with van der Waals surface area (Å²) < 4.78 is 2.11. The van der Waals surface area contributed by atoms with Crippen LogP contribution in [0.3, 0.4) is 0 Å². The number of imidazole rings is 1. The van der Waals surface area contributed by atoms with E-state index in [9.17, 15) is 4.79 Å². The maximum Gasteiger partial charge on any atom is 0.303 e. The monoisotopic (exact) mass is 230 g/mol. The SMILES string of the molecule is O=C(O)CCc1nc(C2CC2)n2ccccc12. The van der Waals surface area contributed by atoms with E-state index in [0.717, 1.165) is 17.0 Å². The highest BCUT2D eigenvalue weighted by atomic mass is 16.4. The third-order valence-electron chi connectivity index (χ3n) is 3.17. The van der Waals surface area contributed by atoms with Crippen molar-refractivity contribution in [2.24, 2.45) is 0 Å². The van der Waals surface area contributed by atoms with E-state index in [1.165, 1.54) is 12.8 Å². The minimum absolute atomic E-state index is 0.145. The van der Waals surface area contributed by atoms with Gasteiger partial charge in [-0.05, 0) is 25.0 Å². The van der Waals surface area contributed by atoms with Gasteiger partial charge in [-0.25, -0.2) is 4.98 Å². The van der Waals surface area contributed by atoms with Crippen LogP contribution in [0.25, 0.3) is 5.52 Å². The predicted octanol–water partition coefficient (Wildman–Crippen LogP) is 2.23. The molecular weight excluding hydrogens is 216 g/mol. The summed E-state index contributed by atoms with van der Waals surface area (Å²) in [5.41, 5.74) is 1.96.